The van der Waals surface area contributed by atoms with Crippen LogP contribution >= 0.6 is 27.5 Å². The highest BCUT2D eigenvalue weighted by Crippen LogP contribution is 2.34. The van der Waals surface area contributed by atoms with E-state index >= 15 is 0 Å². The van der Waals surface area contributed by atoms with Crippen molar-refractivity contribution in [3.05, 3.63) is 16.0 Å². The van der Waals surface area contributed by atoms with Gasteiger partial charge in [-0.2, -0.15) is 4.98 Å². The van der Waals surface area contributed by atoms with Crippen LogP contribution < -0.4 is 10.6 Å². The number of nitrogens with one attached hydrogen (secondary N) is 2. The number of carbonyl (C=O) groups excluding carboxylic acids is 1. The van der Waals surface area contributed by atoms with Crippen molar-refractivity contribution in [1.29, 1.82) is 0 Å². The number of rotatable bonds is 4. The summed E-state index contributed by atoms with van der Waals surface area (Å²) in [4.78, 5) is 20.1. The van der Waals surface area contributed by atoms with E-state index in [2.05, 4.69) is 36.5 Å². The molecule has 0 saturated heterocycles. The number of aromatic nitrogens is 2. The molecule has 0 spiro atoms. The average molecular weight is 406 g/mol. The van der Waals surface area contributed by atoms with Crippen molar-refractivity contribution in [3.63, 3.8) is 0 Å². The van der Waals surface area contributed by atoms with E-state index in [-0.39, 0.29) is 10.8 Å². The van der Waals surface area contributed by atoms with Gasteiger partial charge in [-0.25, -0.2) is 9.78 Å². The number of halogens is 2. The van der Waals surface area contributed by atoms with Crippen molar-refractivity contribution in [1.82, 2.24) is 15.3 Å². The monoisotopic (exact) mass is 404 g/mol. The van der Waals surface area contributed by atoms with Crippen molar-refractivity contribution in [2.45, 2.75) is 57.6 Å². The summed E-state index contributed by atoms with van der Waals surface area (Å²) >= 11 is 9.30. The molecule has 128 valence electrons. The fourth-order valence-corrected chi connectivity index (χ4v) is 3.06. The summed E-state index contributed by atoms with van der Waals surface area (Å²) in [5, 5.41) is 6.47. The van der Waals surface area contributed by atoms with Gasteiger partial charge in [0.05, 0.1) is 10.0 Å². The predicted molar refractivity (Wildman–Crippen MR) is 93.8 cm³/mol. The van der Waals surface area contributed by atoms with Gasteiger partial charge < -0.3 is 15.4 Å². The Balaban J connectivity index is 2.05. The van der Waals surface area contributed by atoms with Crippen LogP contribution in [0.25, 0.3) is 0 Å². The number of carbonyl (C=O) groups is 1. The number of ether oxygens (including phenoxy) is 1. The molecule has 1 aliphatic carbocycles. The summed E-state index contributed by atoms with van der Waals surface area (Å²) in [6.45, 7) is 6.00. The van der Waals surface area contributed by atoms with Crippen LogP contribution in [0.3, 0.4) is 0 Å². The second-order valence-corrected chi connectivity index (χ2v) is 8.00. The lowest BCUT2D eigenvalue weighted by molar-refractivity contribution is 0.0517. The highest BCUT2D eigenvalue weighted by Gasteiger charge is 2.35. The number of alkyl carbamates (subject to hydrolysis) is 1. The molecular weight excluding hydrogens is 384 g/mol. The number of amides is 1. The van der Waals surface area contributed by atoms with Crippen LogP contribution in [0, 0.1) is 0 Å². The second-order valence-electron chi connectivity index (χ2n) is 6.80. The molecule has 2 N–H and O–H groups in total. The standard InChI is InChI=1S/C15H22BrClN4O2/c1-14(2,3)23-13(22)19-9-15(6-4-5-7-15)21-11-10(16)8-18-12(17)20-11/h8H,4-7,9H2,1-3H3,(H,19,22)(H,18,20,21). The maximum Gasteiger partial charge on any atom is 0.407 e. The van der Waals surface area contributed by atoms with Gasteiger partial charge in [0.15, 0.2) is 0 Å². The molecule has 1 saturated carbocycles. The molecule has 1 amide bonds. The quantitative estimate of drug-likeness (QED) is 0.736. The summed E-state index contributed by atoms with van der Waals surface area (Å²) < 4.78 is 6.04. The molecule has 0 aromatic carbocycles. The lowest BCUT2D eigenvalue weighted by Crippen LogP contribution is -2.48. The normalized spacial score (nSPS) is 16.9. The molecule has 2 rings (SSSR count). The molecule has 0 unspecified atom stereocenters. The van der Waals surface area contributed by atoms with Gasteiger partial charge in [-0.15, -0.1) is 0 Å². The van der Waals surface area contributed by atoms with E-state index in [1.54, 1.807) is 6.20 Å². The summed E-state index contributed by atoms with van der Waals surface area (Å²) in [5.41, 5.74) is -0.763. The van der Waals surface area contributed by atoms with E-state index in [1.807, 2.05) is 20.8 Å². The molecule has 23 heavy (non-hydrogen) atoms. The largest absolute Gasteiger partial charge is 0.444 e. The van der Waals surface area contributed by atoms with Crippen molar-refractivity contribution in [3.8, 4) is 0 Å². The van der Waals surface area contributed by atoms with Gasteiger partial charge in [0.25, 0.3) is 0 Å². The zero-order valence-corrected chi connectivity index (χ0v) is 15.9. The Bertz CT molecular complexity index is 571. The van der Waals surface area contributed by atoms with Crippen LogP contribution in [0.2, 0.25) is 5.28 Å². The van der Waals surface area contributed by atoms with E-state index in [9.17, 15) is 4.79 Å². The van der Waals surface area contributed by atoms with Gasteiger partial charge in [-0.1, -0.05) is 12.8 Å². The maximum absolute atomic E-state index is 11.9. The van der Waals surface area contributed by atoms with Crippen molar-refractivity contribution < 1.29 is 9.53 Å². The molecule has 0 aliphatic heterocycles. The van der Waals surface area contributed by atoms with E-state index < -0.39 is 11.7 Å². The molecule has 0 radical (unpaired) electrons. The Kier molecular flexibility index (Phi) is 5.73. The van der Waals surface area contributed by atoms with Crippen LogP contribution in [-0.2, 0) is 4.74 Å². The highest BCUT2D eigenvalue weighted by molar-refractivity contribution is 9.10. The molecule has 0 atom stereocenters. The van der Waals surface area contributed by atoms with Gasteiger partial charge in [0.2, 0.25) is 5.28 Å². The Morgan fingerprint density at radius 3 is 2.70 bits per heavy atom. The molecule has 6 nitrogen and oxygen atoms in total. The fraction of sp³-hybridized carbons (Fsp3) is 0.667. The van der Waals surface area contributed by atoms with E-state index in [4.69, 9.17) is 16.3 Å². The summed E-state index contributed by atoms with van der Waals surface area (Å²) in [5.74, 6) is 0.637. The van der Waals surface area contributed by atoms with Crippen LogP contribution in [0.1, 0.15) is 46.5 Å². The molecule has 1 fully saturated rings. The third-order valence-corrected chi connectivity index (χ3v) is 4.39. The number of nitrogens with zero attached hydrogens (tertiary/aromatic N) is 2. The van der Waals surface area contributed by atoms with Crippen molar-refractivity contribution in [2.75, 3.05) is 11.9 Å². The minimum atomic E-state index is -0.510. The average Bonchev–Trinajstić information content (AvgIpc) is 2.88. The van der Waals surface area contributed by atoms with Gasteiger partial charge in [-0.05, 0) is 61.1 Å². The second kappa shape index (κ2) is 7.21. The van der Waals surface area contributed by atoms with Crippen LogP contribution in [0.5, 0.6) is 0 Å². The lowest BCUT2D eigenvalue weighted by Gasteiger charge is -2.32. The lowest BCUT2D eigenvalue weighted by atomic mass is 9.97. The Hall–Kier alpha value is -1.08. The number of hydrogen-bond donors (Lipinski definition) is 2. The van der Waals surface area contributed by atoms with E-state index in [0.717, 1.165) is 30.2 Å². The maximum atomic E-state index is 11.9. The zero-order chi connectivity index (χ0) is 17.1. The third-order valence-electron chi connectivity index (χ3n) is 3.63. The zero-order valence-electron chi connectivity index (χ0n) is 13.6. The van der Waals surface area contributed by atoms with Gasteiger partial charge in [0, 0.05) is 12.7 Å². The van der Waals surface area contributed by atoms with Crippen LogP contribution in [-0.4, -0.2) is 33.7 Å². The molecule has 1 aliphatic rings. The van der Waals surface area contributed by atoms with Gasteiger partial charge in [0.1, 0.15) is 11.4 Å². The predicted octanol–water partition coefficient (Wildman–Crippen LogP) is 4.14. The summed E-state index contributed by atoms with van der Waals surface area (Å²) in [7, 11) is 0. The smallest absolute Gasteiger partial charge is 0.407 e. The minimum Gasteiger partial charge on any atom is -0.444 e. The van der Waals surface area contributed by atoms with Crippen molar-refractivity contribution in [2.24, 2.45) is 0 Å². The number of anilines is 1. The van der Waals surface area contributed by atoms with Crippen LogP contribution in [0.15, 0.2) is 10.7 Å². The first-order valence-electron chi connectivity index (χ1n) is 7.62. The Morgan fingerprint density at radius 2 is 2.09 bits per heavy atom. The Labute approximate surface area is 149 Å². The fourth-order valence-electron chi connectivity index (χ4n) is 2.64. The van der Waals surface area contributed by atoms with Gasteiger partial charge >= 0.3 is 6.09 Å². The molecule has 1 heterocycles. The molecular formula is C15H22BrClN4O2. The highest BCUT2D eigenvalue weighted by atomic mass is 79.9. The molecule has 0 bridgehead atoms. The first-order valence-corrected chi connectivity index (χ1v) is 8.79. The Morgan fingerprint density at radius 1 is 1.43 bits per heavy atom. The SMILES string of the molecule is CC(C)(C)OC(=O)NCC1(Nc2nc(Cl)ncc2Br)CCCC1. The van der Waals surface area contributed by atoms with E-state index in [1.165, 1.54) is 0 Å². The van der Waals surface area contributed by atoms with Crippen molar-refractivity contribution >= 4 is 39.4 Å². The summed E-state index contributed by atoms with van der Waals surface area (Å²) in [6, 6.07) is 0. The molecule has 1 aromatic heterocycles. The topological polar surface area (TPSA) is 76.1 Å². The van der Waals surface area contributed by atoms with E-state index in [0.29, 0.717) is 12.4 Å². The summed E-state index contributed by atoms with van der Waals surface area (Å²) in [6.07, 6.45) is 5.28. The number of hydrogen-bond acceptors (Lipinski definition) is 5. The van der Waals surface area contributed by atoms with Crippen LogP contribution in [0.4, 0.5) is 10.6 Å². The molecule has 8 heteroatoms. The minimum absolute atomic E-state index is 0.184. The first-order chi connectivity index (χ1) is 10.7. The molecule has 1 aromatic rings. The third kappa shape index (κ3) is 5.49. The van der Waals surface area contributed by atoms with Gasteiger partial charge in [-0.3, -0.25) is 0 Å². The first kappa shape index (κ1) is 18.3.